The van der Waals surface area contributed by atoms with Crippen LogP contribution in [0.25, 0.3) is 10.9 Å². The predicted molar refractivity (Wildman–Crippen MR) is 121 cm³/mol. The molecule has 0 saturated heterocycles. The minimum Gasteiger partial charge on any atom is -0.370 e. The van der Waals surface area contributed by atoms with Gasteiger partial charge in [0.05, 0.1) is 0 Å². The number of carbonyl (C=O) groups is 1. The van der Waals surface area contributed by atoms with E-state index in [-0.39, 0.29) is 5.91 Å². The number of nitrogens with one attached hydrogen (secondary N) is 3. The molecule has 0 saturated carbocycles. The maximum Gasteiger partial charge on any atom is 0.274 e. The number of aryl methyl sites for hydroxylation is 3. The lowest BCUT2D eigenvalue weighted by Crippen LogP contribution is -2.16. The maximum atomic E-state index is 12.7. The summed E-state index contributed by atoms with van der Waals surface area (Å²) in [6.45, 7) is 6.51. The molecule has 0 aliphatic rings. The van der Waals surface area contributed by atoms with Crippen LogP contribution in [0.5, 0.6) is 0 Å². The van der Waals surface area contributed by atoms with Gasteiger partial charge in [-0.05, 0) is 62.1 Å². The van der Waals surface area contributed by atoms with Gasteiger partial charge in [0.2, 0.25) is 0 Å². The normalized spacial score (nSPS) is 10.9. The molecule has 0 fully saturated rings. The van der Waals surface area contributed by atoms with Crippen molar-refractivity contribution >= 4 is 28.3 Å². The monoisotopic (exact) mass is 399 g/mol. The van der Waals surface area contributed by atoms with Crippen molar-refractivity contribution in [3.63, 3.8) is 0 Å². The van der Waals surface area contributed by atoms with Gasteiger partial charge >= 0.3 is 0 Å². The van der Waals surface area contributed by atoms with E-state index in [4.69, 9.17) is 0 Å². The summed E-state index contributed by atoms with van der Waals surface area (Å²) in [5.41, 5.74) is 5.69. The second-order valence-corrected chi connectivity index (χ2v) is 7.55. The molecule has 4 rings (SSSR count). The molecule has 0 atom stereocenters. The number of hydrogen-bond acceptors (Lipinski definition) is 4. The first-order valence-electron chi connectivity index (χ1n) is 10.0. The van der Waals surface area contributed by atoms with E-state index in [0.717, 1.165) is 28.8 Å². The minimum atomic E-state index is -0.245. The Morgan fingerprint density at radius 3 is 2.57 bits per heavy atom. The van der Waals surface area contributed by atoms with Crippen molar-refractivity contribution < 1.29 is 4.79 Å². The van der Waals surface area contributed by atoms with Crippen LogP contribution in [0.15, 0.2) is 54.7 Å². The number of amides is 1. The van der Waals surface area contributed by atoms with Crippen LogP contribution in [-0.2, 0) is 6.42 Å². The Balaban J connectivity index is 1.44. The van der Waals surface area contributed by atoms with Gasteiger partial charge in [0.15, 0.2) is 0 Å². The molecule has 0 spiro atoms. The summed E-state index contributed by atoms with van der Waals surface area (Å²) >= 11 is 0. The third-order valence-electron chi connectivity index (χ3n) is 4.93. The molecule has 2 heterocycles. The zero-order valence-corrected chi connectivity index (χ0v) is 17.4. The molecule has 0 aliphatic heterocycles. The van der Waals surface area contributed by atoms with Gasteiger partial charge in [0.25, 0.3) is 5.91 Å². The number of anilines is 2. The topological polar surface area (TPSA) is 82.7 Å². The largest absolute Gasteiger partial charge is 0.370 e. The molecule has 30 heavy (non-hydrogen) atoms. The van der Waals surface area contributed by atoms with E-state index in [1.165, 1.54) is 10.9 Å². The lowest BCUT2D eigenvalue weighted by Gasteiger charge is -2.10. The Labute approximate surface area is 175 Å². The fourth-order valence-electron chi connectivity index (χ4n) is 3.68. The number of hydrogen-bond donors (Lipinski definition) is 3. The van der Waals surface area contributed by atoms with Crippen LogP contribution >= 0.6 is 0 Å². The molecule has 0 radical (unpaired) electrons. The van der Waals surface area contributed by atoms with Crippen LogP contribution in [0.2, 0.25) is 0 Å². The van der Waals surface area contributed by atoms with E-state index in [2.05, 4.69) is 43.8 Å². The highest BCUT2D eigenvalue weighted by Crippen LogP contribution is 2.19. The smallest absolute Gasteiger partial charge is 0.274 e. The Kier molecular flexibility index (Phi) is 5.48. The van der Waals surface area contributed by atoms with Crippen LogP contribution in [0.3, 0.4) is 0 Å². The van der Waals surface area contributed by atoms with Crippen molar-refractivity contribution in [3.05, 3.63) is 82.9 Å². The molecule has 152 valence electrons. The number of aromatic nitrogens is 3. The molecule has 4 aromatic rings. The number of carbonyl (C=O) groups excluding carboxylic acids is 1. The predicted octanol–water partition coefficient (Wildman–Crippen LogP) is 4.79. The first-order chi connectivity index (χ1) is 14.5. The summed E-state index contributed by atoms with van der Waals surface area (Å²) in [4.78, 5) is 24.7. The fourth-order valence-corrected chi connectivity index (χ4v) is 3.68. The van der Waals surface area contributed by atoms with Crippen molar-refractivity contribution in [3.8, 4) is 0 Å². The average Bonchev–Trinajstić information content (AvgIpc) is 3.10. The number of fused-ring (bicyclic) bond motifs is 1. The zero-order chi connectivity index (χ0) is 21.1. The SMILES string of the molecule is Cc1cc(C)cc(NC(=O)c2cc(NCCc3c[nH]c4ccccc34)nc(C)n2)c1. The van der Waals surface area contributed by atoms with E-state index in [0.29, 0.717) is 23.9 Å². The van der Waals surface area contributed by atoms with Crippen LogP contribution in [0, 0.1) is 20.8 Å². The number of aromatic amines is 1. The van der Waals surface area contributed by atoms with Gasteiger partial charge in [-0.25, -0.2) is 9.97 Å². The number of nitrogens with zero attached hydrogens (tertiary/aromatic N) is 2. The second-order valence-electron chi connectivity index (χ2n) is 7.55. The van der Waals surface area contributed by atoms with Crippen LogP contribution in [0.1, 0.15) is 33.0 Å². The Morgan fingerprint density at radius 1 is 1.00 bits per heavy atom. The van der Waals surface area contributed by atoms with Gasteiger partial charge < -0.3 is 15.6 Å². The third kappa shape index (κ3) is 4.49. The summed E-state index contributed by atoms with van der Waals surface area (Å²) in [6, 6.07) is 15.9. The molecule has 2 aromatic carbocycles. The van der Waals surface area contributed by atoms with Crippen LogP contribution < -0.4 is 10.6 Å². The van der Waals surface area contributed by atoms with Crippen molar-refractivity contribution in [2.24, 2.45) is 0 Å². The van der Waals surface area contributed by atoms with Gasteiger partial charge in [-0.2, -0.15) is 0 Å². The van der Waals surface area contributed by atoms with E-state index < -0.39 is 0 Å². The van der Waals surface area contributed by atoms with Crippen molar-refractivity contribution in [1.82, 2.24) is 15.0 Å². The van der Waals surface area contributed by atoms with Gasteiger partial charge in [-0.3, -0.25) is 4.79 Å². The van der Waals surface area contributed by atoms with Crippen molar-refractivity contribution in [2.75, 3.05) is 17.2 Å². The average molecular weight is 399 g/mol. The number of H-pyrrole nitrogens is 1. The molecular weight excluding hydrogens is 374 g/mol. The number of benzene rings is 2. The molecule has 6 nitrogen and oxygen atoms in total. The number of para-hydroxylation sites is 1. The standard InChI is InChI=1S/C24H25N5O/c1-15-10-16(2)12-19(11-15)29-24(30)22-13-23(28-17(3)27-22)25-9-8-18-14-26-21-7-5-4-6-20(18)21/h4-7,10-14,26H,8-9H2,1-3H3,(H,29,30)(H,25,27,28). The first-order valence-corrected chi connectivity index (χ1v) is 10.0. The molecule has 0 unspecified atom stereocenters. The summed E-state index contributed by atoms with van der Waals surface area (Å²) < 4.78 is 0. The molecule has 0 aliphatic carbocycles. The van der Waals surface area contributed by atoms with Crippen LogP contribution in [-0.4, -0.2) is 27.4 Å². The first kappa shape index (κ1) is 19.6. The second kappa shape index (κ2) is 8.37. The Bertz CT molecular complexity index is 1190. The van der Waals surface area contributed by atoms with Crippen molar-refractivity contribution in [1.29, 1.82) is 0 Å². The van der Waals surface area contributed by atoms with Gasteiger partial charge in [-0.1, -0.05) is 24.3 Å². The highest BCUT2D eigenvalue weighted by atomic mass is 16.1. The summed E-state index contributed by atoms with van der Waals surface area (Å²) in [6.07, 6.45) is 2.89. The highest BCUT2D eigenvalue weighted by Gasteiger charge is 2.12. The Morgan fingerprint density at radius 2 is 1.77 bits per heavy atom. The third-order valence-corrected chi connectivity index (χ3v) is 4.93. The van der Waals surface area contributed by atoms with E-state index in [9.17, 15) is 4.79 Å². The molecule has 1 amide bonds. The van der Waals surface area contributed by atoms with Gasteiger partial charge in [0.1, 0.15) is 17.3 Å². The zero-order valence-electron chi connectivity index (χ0n) is 17.4. The Hall–Kier alpha value is -3.67. The lowest BCUT2D eigenvalue weighted by atomic mass is 10.1. The van der Waals surface area contributed by atoms with Crippen LogP contribution in [0.4, 0.5) is 11.5 Å². The fraction of sp³-hybridized carbons (Fsp3) is 0.208. The molecular formula is C24H25N5O. The minimum absolute atomic E-state index is 0.245. The molecule has 6 heteroatoms. The quantitative estimate of drug-likeness (QED) is 0.435. The van der Waals surface area contributed by atoms with Gasteiger partial charge in [0, 0.05) is 35.4 Å². The lowest BCUT2D eigenvalue weighted by molar-refractivity contribution is 0.102. The van der Waals surface area contributed by atoms with E-state index in [1.807, 2.05) is 44.3 Å². The highest BCUT2D eigenvalue weighted by molar-refractivity contribution is 6.03. The van der Waals surface area contributed by atoms with E-state index >= 15 is 0 Å². The summed E-state index contributed by atoms with van der Waals surface area (Å²) in [7, 11) is 0. The number of rotatable bonds is 6. The summed E-state index contributed by atoms with van der Waals surface area (Å²) in [5.74, 6) is 0.954. The molecule has 3 N–H and O–H groups in total. The maximum absolute atomic E-state index is 12.7. The van der Waals surface area contributed by atoms with Crippen molar-refractivity contribution in [2.45, 2.75) is 27.2 Å². The van der Waals surface area contributed by atoms with E-state index in [1.54, 1.807) is 13.0 Å². The molecule has 0 bridgehead atoms. The molecule has 2 aromatic heterocycles. The van der Waals surface area contributed by atoms with Gasteiger partial charge in [-0.15, -0.1) is 0 Å². The summed E-state index contributed by atoms with van der Waals surface area (Å²) in [5, 5.41) is 7.48.